The van der Waals surface area contributed by atoms with Crippen LogP contribution in [0.25, 0.3) is 0 Å². The molecule has 0 heterocycles. The number of carbonyl (C=O) groups is 1. The van der Waals surface area contributed by atoms with Gasteiger partial charge in [0.15, 0.2) is 5.96 Å². The molecule has 0 atom stereocenters. The highest BCUT2D eigenvalue weighted by Gasteiger charge is 2.08. The molecule has 7 heteroatoms. The Hall–Kier alpha value is -2.67. The molecule has 2 rings (SSSR count). The molecule has 0 saturated carbocycles. The number of hydrogen-bond donors (Lipinski definition) is 2. The molecule has 2 N–H and O–H groups in total. The number of thioether (sulfide) groups is 1. The minimum atomic E-state index is -0.127. The maximum Gasteiger partial charge on any atom is 0.251 e. The van der Waals surface area contributed by atoms with Crippen LogP contribution in [-0.2, 0) is 6.54 Å². The first-order valence-electron chi connectivity index (χ1n) is 9.04. The number of ether oxygens (including phenoxy) is 1. The molecule has 0 fully saturated rings. The minimum Gasteiger partial charge on any atom is -0.497 e. The van der Waals surface area contributed by atoms with Gasteiger partial charge in [0.1, 0.15) is 5.75 Å². The number of hydrogen-bond acceptors (Lipinski definition) is 4. The number of nitrogens with zero attached hydrogens (tertiary/aromatic N) is 2. The maximum atomic E-state index is 12.2. The zero-order valence-electron chi connectivity index (χ0n) is 16.9. The Morgan fingerprint density at radius 1 is 1.14 bits per heavy atom. The van der Waals surface area contributed by atoms with Crippen LogP contribution in [0, 0.1) is 0 Å². The van der Waals surface area contributed by atoms with Crippen molar-refractivity contribution in [3.8, 4) is 5.75 Å². The molecule has 1 amide bonds. The first-order chi connectivity index (χ1) is 13.6. The van der Waals surface area contributed by atoms with Gasteiger partial charge >= 0.3 is 0 Å². The second kappa shape index (κ2) is 11.2. The topological polar surface area (TPSA) is 66.0 Å². The summed E-state index contributed by atoms with van der Waals surface area (Å²) < 4.78 is 5.15. The van der Waals surface area contributed by atoms with E-state index < -0.39 is 0 Å². The number of amides is 1. The van der Waals surface area contributed by atoms with Crippen LogP contribution < -0.4 is 15.4 Å². The normalized spacial score (nSPS) is 11.1. The number of methoxy groups -OCH3 is 1. The van der Waals surface area contributed by atoms with Gasteiger partial charge in [-0.2, -0.15) is 0 Å². The van der Waals surface area contributed by atoms with Crippen molar-refractivity contribution >= 4 is 23.6 Å². The minimum absolute atomic E-state index is 0.127. The predicted octanol–water partition coefficient (Wildman–Crippen LogP) is 2.85. The van der Waals surface area contributed by atoms with Crippen molar-refractivity contribution < 1.29 is 9.53 Å². The van der Waals surface area contributed by atoms with E-state index in [-0.39, 0.29) is 5.91 Å². The summed E-state index contributed by atoms with van der Waals surface area (Å²) in [5.41, 5.74) is 1.80. The van der Waals surface area contributed by atoms with Crippen molar-refractivity contribution in [2.24, 2.45) is 4.99 Å². The molecule has 0 unspecified atom stereocenters. The van der Waals surface area contributed by atoms with Gasteiger partial charge in [-0.3, -0.25) is 9.79 Å². The number of rotatable bonds is 8. The van der Waals surface area contributed by atoms with Crippen LogP contribution in [0.15, 0.2) is 58.4 Å². The van der Waals surface area contributed by atoms with E-state index in [0.29, 0.717) is 24.4 Å². The average molecular weight is 401 g/mol. The largest absolute Gasteiger partial charge is 0.497 e. The van der Waals surface area contributed by atoms with Crippen molar-refractivity contribution in [3.05, 3.63) is 59.7 Å². The quantitative estimate of drug-likeness (QED) is 0.309. The third-order valence-electron chi connectivity index (χ3n) is 4.18. The summed E-state index contributed by atoms with van der Waals surface area (Å²) in [7, 11) is 5.33. The lowest BCUT2D eigenvalue weighted by atomic mass is 10.2. The van der Waals surface area contributed by atoms with Crippen LogP contribution in [0.5, 0.6) is 5.75 Å². The smallest absolute Gasteiger partial charge is 0.251 e. The van der Waals surface area contributed by atoms with Gasteiger partial charge in [0.25, 0.3) is 5.91 Å². The summed E-state index contributed by atoms with van der Waals surface area (Å²) in [6.07, 6.45) is 2.07. The maximum absolute atomic E-state index is 12.2. The third kappa shape index (κ3) is 6.49. The predicted molar refractivity (Wildman–Crippen MR) is 116 cm³/mol. The molecule has 0 bridgehead atoms. The zero-order chi connectivity index (χ0) is 20.4. The number of guanidine groups is 1. The fraction of sp³-hybridized carbons (Fsp3) is 0.333. The fourth-order valence-electron chi connectivity index (χ4n) is 2.68. The van der Waals surface area contributed by atoms with Gasteiger partial charge in [0, 0.05) is 44.2 Å². The number of carbonyl (C=O) groups excluding carboxylic acids is 1. The Labute approximate surface area is 171 Å². The Bertz CT molecular complexity index is 793. The van der Waals surface area contributed by atoms with Crippen LogP contribution >= 0.6 is 11.8 Å². The van der Waals surface area contributed by atoms with E-state index >= 15 is 0 Å². The lowest BCUT2D eigenvalue weighted by Crippen LogP contribution is -2.42. The van der Waals surface area contributed by atoms with Crippen LogP contribution in [0.4, 0.5) is 0 Å². The molecule has 0 aliphatic rings. The summed E-state index contributed by atoms with van der Waals surface area (Å²) in [6.45, 7) is 1.83. The molecular formula is C21H28N4O2S. The van der Waals surface area contributed by atoms with E-state index in [1.54, 1.807) is 44.1 Å². The van der Waals surface area contributed by atoms with Crippen molar-refractivity contribution in [1.82, 2.24) is 15.5 Å². The van der Waals surface area contributed by atoms with E-state index in [1.807, 2.05) is 13.1 Å². The van der Waals surface area contributed by atoms with E-state index in [2.05, 4.69) is 51.0 Å². The molecule has 6 nitrogen and oxygen atoms in total. The lowest BCUT2D eigenvalue weighted by Gasteiger charge is -2.22. The standard InChI is InChI=1S/C21H28N4O2S/c1-22-21(25(2)15-16-8-10-19(28-4)11-9-16)24-13-12-23-20(26)17-6-5-7-18(14-17)27-3/h5-11,14H,12-13,15H2,1-4H3,(H,22,24)(H,23,26). The van der Waals surface area contributed by atoms with Crippen molar-refractivity contribution in [2.45, 2.75) is 11.4 Å². The summed E-state index contributed by atoms with van der Waals surface area (Å²) in [6, 6.07) is 15.6. The number of aliphatic imine (C=N–C) groups is 1. The molecular weight excluding hydrogens is 372 g/mol. The molecule has 150 valence electrons. The molecule has 0 saturated heterocycles. The van der Waals surface area contributed by atoms with Crippen molar-refractivity contribution in [3.63, 3.8) is 0 Å². The Morgan fingerprint density at radius 3 is 2.50 bits per heavy atom. The highest BCUT2D eigenvalue weighted by Crippen LogP contribution is 2.15. The van der Waals surface area contributed by atoms with Crippen LogP contribution in [-0.4, -0.2) is 57.3 Å². The molecule has 0 spiro atoms. The Kier molecular flexibility index (Phi) is 8.68. The highest BCUT2D eigenvalue weighted by atomic mass is 32.2. The highest BCUT2D eigenvalue weighted by molar-refractivity contribution is 7.98. The molecule has 28 heavy (non-hydrogen) atoms. The molecule has 2 aromatic carbocycles. The van der Waals surface area contributed by atoms with Gasteiger partial charge in [-0.1, -0.05) is 18.2 Å². The number of nitrogens with one attached hydrogen (secondary N) is 2. The van der Waals surface area contributed by atoms with E-state index in [0.717, 1.165) is 12.5 Å². The van der Waals surface area contributed by atoms with Crippen LogP contribution in [0.3, 0.4) is 0 Å². The molecule has 0 aliphatic heterocycles. The van der Waals surface area contributed by atoms with E-state index in [4.69, 9.17) is 4.74 Å². The fourth-order valence-corrected chi connectivity index (χ4v) is 3.09. The van der Waals surface area contributed by atoms with Gasteiger partial charge in [0.2, 0.25) is 0 Å². The van der Waals surface area contributed by atoms with Gasteiger partial charge in [0.05, 0.1) is 7.11 Å². The Balaban J connectivity index is 1.78. The van der Waals surface area contributed by atoms with Crippen molar-refractivity contribution in [2.75, 3.05) is 40.6 Å². The Morgan fingerprint density at radius 2 is 1.86 bits per heavy atom. The molecule has 0 aliphatic carbocycles. The summed E-state index contributed by atoms with van der Waals surface area (Å²) in [5.74, 6) is 1.32. The van der Waals surface area contributed by atoms with Crippen LogP contribution in [0.1, 0.15) is 15.9 Å². The van der Waals surface area contributed by atoms with Crippen LogP contribution in [0.2, 0.25) is 0 Å². The SMILES string of the molecule is CN=C(NCCNC(=O)c1cccc(OC)c1)N(C)Cc1ccc(SC)cc1. The second-order valence-electron chi connectivity index (χ2n) is 6.17. The van der Waals surface area contributed by atoms with Gasteiger partial charge in [-0.15, -0.1) is 11.8 Å². The molecule has 0 radical (unpaired) electrons. The van der Waals surface area contributed by atoms with E-state index in [9.17, 15) is 4.79 Å². The zero-order valence-corrected chi connectivity index (χ0v) is 17.7. The summed E-state index contributed by atoms with van der Waals surface area (Å²) >= 11 is 1.73. The second-order valence-corrected chi connectivity index (χ2v) is 7.05. The first kappa shape index (κ1) is 21.6. The van der Waals surface area contributed by atoms with Crippen molar-refractivity contribution in [1.29, 1.82) is 0 Å². The summed E-state index contributed by atoms with van der Waals surface area (Å²) in [5, 5.41) is 6.17. The van der Waals surface area contributed by atoms with Gasteiger partial charge < -0.3 is 20.3 Å². The first-order valence-corrected chi connectivity index (χ1v) is 10.3. The van der Waals surface area contributed by atoms with Gasteiger partial charge in [-0.25, -0.2) is 0 Å². The van der Waals surface area contributed by atoms with E-state index in [1.165, 1.54) is 10.5 Å². The summed E-state index contributed by atoms with van der Waals surface area (Å²) in [4.78, 5) is 19.8. The third-order valence-corrected chi connectivity index (χ3v) is 4.92. The van der Waals surface area contributed by atoms with Gasteiger partial charge in [-0.05, 0) is 42.2 Å². The molecule has 2 aromatic rings. The monoisotopic (exact) mass is 400 g/mol. The average Bonchev–Trinajstić information content (AvgIpc) is 2.74. The number of benzene rings is 2. The molecule has 0 aromatic heterocycles. The lowest BCUT2D eigenvalue weighted by molar-refractivity contribution is 0.0954.